The van der Waals surface area contributed by atoms with Crippen molar-refractivity contribution in [1.29, 1.82) is 0 Å². The average Bonchev–Trinajstić information content (AvgIpc) is 2.28. The van der Waals surface area contributed by atoms with Crippen molar-refractivity contribution in [3.05, 3.63) is 29.8 Å². The maximum Gasteiger partial charge on any atom is 0.137 e. The van der Waals surface area contributed by atoms with Crippen LogP contribution < -0.4 is 4.74 Å². The highest BCUT2D eigenvalue weighted by molar-refractivity contribution is 5.83. The molecule has 0 bridgehead atoms. The van der Waals surface area contributed by atoms with E-state index in [9.17, 15) is 4.79 Å². The Morgan fingerprint density at radius 1 is 1.41 bits per heavy atom. The lowest BCUT2D eigenvalue weighted by atomic mass is 9.92. The van der Waals surface area contributed by atoms with Crippen molar-refractivity contribution in [1.82, 2.24) is 4.90 Å². The van der Waals surface area contributed by atoms with Crippen molar-refractivity contribution in [3.8, 4) is 5.75 Å². The zero-order valence-corrected chi connectivity index (χ0v) is 11.1. The van der Waals surface area contributed by atoms with Gasteiger partial charge in [-0.3, -0.25) is 4.79 Å². The molecule has 0 aliphatic rings. The Bertz CT molecular complexity index is 374. The molecule has 17 heavy (non-hydrogen) atoms. The van der Waals surface area contributed by atoms with Crippen molar-refractivity contribution < 1.29 is 9.53 Å². The van der Waals surface area contributed by atoms with Gasteiger partial charge in [0.15, 0.2) is 0 Å². The van der Waals surface area contributed by atoms with Gasteiger partial charge in [-0.2, -0.15) is 0 Å². The summed E-state index contributed by atoms with van der Waals surface area (Å²) in [7, 11) is 5.67. The molecule has 0 spiro atoms. The van der Waals surface area contributed by atoms with Crippen LogP contribution >= 0.6 is 0 Å². The third-order valence-electron chi connectivity index (χ3n) is 2.85. The van der Waals surface area contributed by atoms with Crippen LogP contribution in [0, 0.1) is 0 Å². The Labute approximate surface area is 103 Å². The molecule has 0 saturated carbocycles. The first-order valence-corrected chi connectivity index (χ1v) is 5.83. The predicted octanol–water partition coefficient (Wildman–Crippen LogP) is 2.32. The number of nitrogens with zero attached hydrogens (tertiary/aromatic N) is 1. The van der Waals surface area contributed by atoms with Gasteiger partial charge in [0.2, 0.25) is 0 Å². The van der Waals surface area contributed by atoms with E-state index in [1.54, 1.807) is 14.0 Å². The minimum atomic E-state index is -0.0347. The number of hydrogen-bond acceptors (Lipinski definition) is 3. The van der Waals surface area contributed by atoms with Gasteiger partial charge in [0.1, 0.15) is 11.5 Å². The molecule has 0 amide bonds. The molecule has 0 fully saturated rings. The second kappa shape index (κ2) is 6.40. The Balaban J connectivity index is 2.85. The summed E-state index contributed by atoms with van der Waals surface area (Å²) in [5.74, 6) is 0.978. The fraction of sp³-hybridized carbons (Fsp3) is 0.500. The second-order valence-electron chi connectivity index (χ2n) is 4.53. The van der Waals surface area contributed by atoms with E-state index >= 15 is 0 Å². The molecular formula is C14H21NO2. The third kappa shape index (κ3) is 4.19. The normalized spacial score (nSPS) is 12.5. The molecule has 0 unspecified atom stereocenters. The number of hydrogen-bond donors (Lipinski definition) is 0. The molecule has 0 radical (unpaired) electrons. The zero-order valence-electron chi connectivity index (χ0n) is 11.1. The lowest BCUT2D eigenvalue weighted by Gasteiger charge is -2.17. The number of methoxy groups -OCH3 is 1. The molecule has 1 atom stereocenters. The minimum Gasteiger partial charge on any atom is -0.497 e. The largest absolute Gasteiger partial charge is 0.497 e. The van der Waals surface area contributed by atoms with E-state index in [2.05, 4.69) is 4.90 Å². The zero-order chi connectivity index (χ0) is 12.8. The summed E-state index contributed by atoms with van der Waals surface area (Å²) < 4.78 is 5.19. The predicted molar refractivity (Wildman–Crippen MR) is 69.6 cm³/mol. The fourth-order valence-corrected chi connectivity index (χ4v) is 1.85. The maximum atomic E-state index is 11.7. The van der Waals surface area contributed by atoms with Crippen molar-refractivity contribution in [2.75, 3.05) is 27.7 Å². The number of carbonyl (C=O) groups is 1. The summed E-state index contributed by atoms with van der Waals surface area (Å²) in [6.07, 6.45) is 0.843. The van der Waals surface area contributed by atoms with Crippen LogP contribution in [-0.2, 0) is 4.79 Å². The smallest absolute Gasteiger partial charge is 0.137 e. The minimum absolute atomic E-state index is 0.0347. The van der Waals surface area contributed by atoms with Crippen LogP contribution in [0.3, 0.4) is 0 Å². The Hall–Kier alpha value is -1.35. The molecule has 3 heteroatoms. The number of carbonyl (C=O) groups excluding carboxylic acids is 1. The Kier molecular flexibility index (Phi) is 5.16. The number of benzene rings is 1. The third-order valence-corrected chi connectivity index (χ3v) is 2.85. The molecule has 0 N–H and O–H groups in total. The van der Waals surface area contributed by atoms with Gasteiger partial charge < -0.3 is 9.64 Å². The molecule has 1 rings (SSSR count). The van der Waals surface area contributed by atoms with Gasteiger partial charge in [0.25, 0.3) is 0 Å². The van der Waals surface area contributed by atoms with Crippen LogP contribution in [0.15, 0.2) is 24.3 Å². The topological polar surface area (TPSA) is 29.5 Å². The van der Waals surface area contributed by atoms with Crippen LogP contribution in [0.5, 0.6) is 5.75 Å². The highest BCUT2D eigenvalue weighted by atomic mass is 16.5. The van der Waals surface area contributed by atoms with Gasteiger partial charge in [0, 0.05) is 5.92 Å². The van der Waals surface area contributed by atoms with Crippen molar-refractivity contribution in [3.63, 3.8) is 0 Å². The van der Waals surface area contributed by atoms with Gasteiger partial charge in [-0.1, -0.05) is 12.1 Å². The first-order chi connectivity index (χ1) is 8.04. The van der Waals surface area contributed by atoms with Crippen LogP contribution in [0.2, 0.25) is 0 Å². The molecule has 3 nitrogen and oxygen atoms in total. The fourth-order valence-electron chi connectivity index (χ4n) is 1.85. The number of rotatable bonds is 6. The van der Waals surface area contributed by atoms with Crippen LogP contribution in [0.25, 0.3) is 0 Å². The summed E-state index contributed by atoms with van der Waals surface area (Å²) in [5.41, 5.74) is 1.04. The molecule has 94 valence electrons. The van der Waals surface area contributed by atoms with E-state index in [1.165, 1.54) is 0 Å². The van der Waals surface area contributed by atoms with E-state index in [1.807, 2.05) is 38.4 Å². The molecule has 0 aliphatic heterocycles. The molecule has 0 heterocycles. The molecule has 0 aliphatic carbocycles. The van der Waals surface area contributed by atoms with E-state index in [0.29, 0.717) is 0 Å². The quantitative estimate of drug-likeness (QED) is 0.758. The summed E-state index contributed by atoms with van der Waals surface area (Å²) >= 11 is 0. The average molecular weight is 235 g/mol. The summed E-state index contributed by atoms with van der Waals surface area (Å²) in [6.45, 7) is 2.56. The highest BCUT2D eigenvalue weighted by Gasteiger charge is 2.17. The lowest BCUT2D eigenvalue weighted by molar-refractivity contribution is -0.118. The Morgan fingerprint density at radius 3 is 2.65 bits per heavy atom. The first kappa shape index (κ1) is 13.7. The van der Waals surface area contributed by atoms with Crippen molar-refractivity contribution in [2.45, 2.75) is 19.3 Å². The van der Waals surface area contributed by atoms with Gasteiger partial charge >= 0.3 is 0 Å². The van der Waals surface area contributed by atoms with Crippen LogP contribution in [-0.4, -0.2) is 38.4 Å². The number of ketones is 1. The highest BCUT2D eigenvalue weighted by Crippen LogP contribution is 2.24. The van der Waals surface area contributed by atoms with Crippen molar-refractivity contribution >= 4 is 5.78 Å². The lowest BCUT2D eigenvalue weighted by Crippen LogP contribution is -2.19. The molecule has 0 saturated heterocycles. The standard InChI is InChI=1S/C14H21NO2/c1-11(16)14(8-9-15(2)3)12-6-5-7-13(10-12)17-4/h5-7,10,14H,8-9H2,1-4H3/t14-/m0/s1. The van der Waals surface area contributed by atoms with E-state index in [0.717, 1.165) is 24.3 Å². The number of ether oxygens (including phenoxy) is 1. The van der Waals surface area contributed by atoms with Crippen molar-refractivity contribution in [2.24, 2.45) is 0 Å². The van der Waals surface area contributed by atoms with Crippen LogP contribution in [0.1, 0.15) is 24.8 Å². The van der Waals surface area contributed by atoms with Crippen LogP contribution in [0.4, 0.5) is 0 Å². The first-order valence-electron chi connectivity index (χ1n) is 5.83. The summed E-state index contributed by atoms with van der Waals surface area (Å²) in [6, 6.07) is 7.76. The van der Waals surface area contributed by atoms with E-state index in [-0.39, 0.29) is 11.7 Å². The van der Waals surface area contributed by atoms with Gasteiger partial charge in [-0.25, -0.2) is 0 Å². The van der Waals surface area contributed by atoms with Gasteiger partial charge in [0.05, 0.1) is 7.11 Å². The summed E-state index contributed by atoms with van der Waals surface area (Å²) in [4.78, 5) is 13.8. The molecule has 1 aromatic carbocycles. The molecule has 0 aromatic heterocycles. The second-order valence-corrected chi connectivity index (χ2v) is 4.53. The molecule has 1 aromatic rings. The number of Topliss-reactive ketones (excluding diaryl/α,β-unsaturated/α-hetero) is 1. The SMILES string of the molecule is COc1cccc([C@@H](CCN(C)C)C(C)=O)c1. The maximum absolute atomic E-state index is 11.7. The molecular weight excluding hydrogens is 214 g/mol. The monoisotopic (exact) mass is 235 g/mol. The Morgan fingerprint density at radius 2 is 2.12 bits per heavy atom. The van der Waals surface area contributed by atoms with E-state index in [4.69, 9.17) is 4.74 Å². The summed E-state index contributed by atoms with van der Waals surface area (Å²) in [5, 5.41) is 0. The van der Waals surface area contributed by atoms with Gasteiger partial charge in [-0.15, -0.1) is 0 Å². The van der Waals surface area contributed by atoms with E-state index < -0.39 is 0 Å². The van der Waals surface area contributed by atoms with Gasteiger partial charge in [-0.05, 0) is 51.7 Å².